The van der Waals surface area contributed by atoms with E-state index in [0.29, 0.717) is 30.5 Å². The number of piperidine rings is 1. The van der Waals surface area contributed by atoms with Crippen molar-refractivity contribution in [3.63, 3.8) is 0 Å². The molecule has 0 saturated carbocycles. The molecule has 7 nitrogen and oxygen atoms in total. The number of hydrogen-bond donors (Lipinski definition) is 1. The summed E-state index contributed by atoms with van der Waals surface area (Å²) < 4.78 is 13.4. The number of carbonyl (C=O) groups excluding carboxylic acids is 1. The number of nitriles is 1. The zero-order valence-corrected chi connectivity index (χ0v) is 19.2. The highest BCUT2D eigenvalue weighted by Gasteiger charge is 2.24. The Morgan fingerprint density at radius 1 is 1.24 bits per heavy atom. The molecule has 4 rings (SSSR count). The SMILES string of the molecule is Cc1c(C#N)c(NC(=O)CN2CCCC(COc3ccccc3)C2)n(Cc2ccco2)c1C. The minimum Gasteiger partial charge on any atom is -0.493 e. The molecular formula is C26H30N4O3. The second kappa shape index (κ2) is 10.4. The van der Waals surface area contributed by atoms with E-state index >= 15 is 0 Å². The van der Waals surface area contributed by atoms with Gasteiger partial charge in [0, 0.05) is 18.2 Å². The highest BCUT2D eigenvalue weighted by Crippen LogP contribution is 2.27. The maximum atomic E-state index is 13.0. The fourth-order valence-corrected chi connectivity index (χ4v) is 4.42. The molecule has 1 fully saturated rings. The fourth-order valence-electron chi connectivity index (χ4n) is 4.42. The molecule has 0 spiro atoms. The quantitative estimate of drug-likeness (QED) is 0.556. The average molecular weight is 447 g/mol. The van der Waals surface area contributed by atoms with E-state index in [2.05, 4.69) is 16.3 Å². The number of amides is 1. The molecule has 1 amide bonds. The van der Waals surface area contributed by atoms with Crippen molar-refractivity contribution in [2.75, 3.05) is 31.6 Å². The third-order valence-corrected chi connectivity index (χ3v) is 6.29. The molecule has 172 valence electrons. The average Bonchev–Trinajstić information content (AvgIpc) is 3.41. The van der Waals surface area contributed by atoms with Crippen molar-refractivity contribution in [3.05, 3.63) is 71.3 Å². The van der Waals surface area contributed by atoms with Crippen molar-refractivity contribution >= 4 is 11.7 Å². The van der Waals surface area contributed by atoms with Gasteiger partial charge in [-0.25, -0.2) is 0 Å². The van der Waals surface area contributed by atoms with Gasteiger partial charge in [0.05, 0.1) is 31.5 Å². The normalized spacial score (nSPS) is 16.3. The summed E-state index contributed by atoms with van der Waals surface area (Å²) in [6, 6.07) is 15.8. The van der Waals surface area contributed by atoms with E-state index in [1.165, 1.54) is 0 Å². The number of rotatable bonds is 8. The number of anilines is 1. The molecule has 3 heterocycles. The predicted molar refractivity (Wildman–Crippen MR) is 126 cm³/mol. The third kappa shape index (κ3) is 5.47. The summed E-state index contributed by atoms with van der Waals surface area (Å²) >= 11 is 0. The van der Waals surface area contributed by atoms with Crippen LogP contribution in [0, 0.1) is 31.1 Å². The number of carbonyl (C=O) groups is 1. The monoisotopic (exact) mass is 446 g/mol. The van der Waals surface area contributed by atoms with Gasteiger partial charge in [-0.05, 0) is 63.1 Å². The number of aromatic nitrogens is 1. The van der Waals surface area contributed by atoms with Crippen molar-refractivity contribution in [1.29, 1.82) is 5.26 Å². The van der Waals surface area contributed by atoms with Crippen LogP contribution in [0.1, 0.15) is 35.4 Å². The van der Waals surface area contributed by atoms with Gasteiger partial charge in [0.15, 0.2) is 0 Å². The maximum absolute atomic E-state index is 13.0. The van der Waals surface area contributed by atoms with Gasteiger partial charge >= 0.3 is 0 Å². The second-order valence-electron chi connectivity index (χ2n) is 8.63. The van der Waals surface area contributed by atoms with Crippen LogP contribution in [0.5, 0.6) is 5.75 Å². The van der Waals surface area contributed by atoms with Gasteiger partial charge in [-0.3, -0.25) is 9.69 Å². The standard InChI is InChI=1S/C26H30N4O3/c1-19-20(2)30(16-23-11-7-13-32-23)26(24(19)14-27)28-25(31)17-29-12-6-8-21(15-29)18-33-22-9-4-3-5-10-22/h3-5,7,9-11,13,21H,6,8,12,15-18H2,1-2H3,(H,28,31). The summed E-state index contributed by atoms with van der Waals surface area (Å²) in [7, 11) is 0. The molecule has 1 unspecified atom stereocenters. The van der Waals surface area contributed by atoms with Gasteiger partial charge in [-0.15, -0.1) is 0 Å². The Balaban J connectivity index is 1.39. The molecule has 0 bridgehead atoms. The Kier molecular flexibility index (Phi) is 7.16. The van der Waals surface area contributed by atoms with Crippen LogP contribution in [0.25, 0.3) is 0 Å². The minimum absolute atomic E-state index is 0.116. The maximum Gasteiger partial charge on any atom is 0.239 e. The van der Waals surface area contributed by atoms with Crippen LogP contribution in [-0.4, -0.2) is 41.6 Å². The van der Waals surface area contributed by atoms with Crippen LogP contribution >= 0.6 is 0 Å². The molecule has 2 aromatic heterocycles. The second-order valence-corrected chi connectivity index (χ2v) is 8.63. The smallest absolute Gasteiger partial charge is 0.239 e. The van der Waals surface area contributed by atoms with E-state index in [4.69, 9.17) is 9.15 Å². The van der Waals surface area contributed by atoms with E-state index in [-0.39, 0.29) is 12.5 Å². The van der Waals surface area contributed by atoms with E-state index < -0.39 is 0 Å². The van der Waals surface area contributed by atoms with E-state index in [9.17, 15) is 10.1 Å². The topological polar surface area (TPSA) is 83.4 Å². The van der Waals surface area contributed by atoms with E-state index in [0.717, 1.165) is 48.7 Å². The lowest BCUT2D eigenvalue weighted by molar-refractivity contribution is -0.117. The van der Waals surface area contributed by atoms with Crippen molar-refractivity contribution in [1.82, 2.24) is 9.47 Å². The number of benzene rings is 1. The lowest BCUT2D eigenvalue weighted by Crippen LogP contribution is -2.42. The van der Waals surface area contributed by atoms with Gasteiger partial charge < -0.3 is 19.0 Å². The summed E-state index contributed by atoms with van der Waals surface area (Å²) in [5, 5.41) is 12.7. The van der Waals surface area contributed by atoms with Crippen LogP contribution < -0.4 is 10.1 Å². The lowest BCUT2D eigenvalue weighted by atomic mass is 9.99. The number of ether oxygens (including phenoxy) is 1. The molecule has 33 heavy (non-hydrogen) atoms. The molecule has 0 aliphatic carbocycles. The Morgan fingerprint density at radius 2 is 2.06 bits per heavy atom. The highest BCUT2D eigenvalue weighted by molar-refractivity contribution is 5.93. The first-order valence-corrected chi connectivity index (χ1v) is 11.4. The zero-order chi connectivity index (χ0) is 23.2. The van der Waals surface area contributed by atoms with E-state index in [1.54, 1.807) is 6.26 Å². The zero-order valence-electron chi connectivity index (χ0n) is 19.2. The predicted octanol–water partition coefficient (Wildman–Crippen LogP) is 4.35. The molecule has 1 aliphatic heterocycles. The molecule has 1 atom stereocenters. The fraction of sp³-hybridized carbons (Fsp3) is 0.385. The minimum atomic E-state index is -0.116. The van der Waals surface area contributed by atoms with Gasteiger partial charge in [0.1, 0.15) is 23.4 Å². The van der Waals surface area contributed by atoms with Crippen LogP contribution in [0.4, 0.5) is 5.82 Å². The first kappa shape index (κ1) is 22.7. The third-order valence-electron chi connectivity index (χ3n) is 6.29. The largest absolute Gasteiger partial charge is 0.493 e. The Hall–Kier alpha value is -3.50. The van der Waals surface area contributed by atoms with Crippen molar-refractivity contribution in [2.45, 2.75) is 33.2 Å². The van der Waals surface area contributed by atoms with Crippen molar-refractivity contribution in [3.8, 4) is 11.8 Å². The highest BCUT2D eigenvalue weighted by atomic mass is 16.5. The van der Waals surface area contributed by atoms with Gasteiger partial charge in [-0.1, -0.05) is 18.2 Å². The number of para-hydroxylation sites is 1. The Labute approximate surface area is 194 Å². The summed E-state index contributed by atoms with van der Waals surface area (Å²) in [6.07, 6.45) is 3.75. The van der Waals surface area contributed by atoms with Crippen molar-refractivity contribution < 1.29 is 13.9 Å². The first-order chi connectivity index (χ1) is 16.0. The van der Waals surface area contributed by atoms with Gasteiger partial charge in [0.25, 0.3) is 0 Å². The van der Waals surface area contributed by atoms with Crippen LogP contribution in [0.3, 0.4) is 0 Å². The summed E-state index contributed by atoms with van der Waals surface area (Å²) in [5.74, 6) is 2.45. The molecule has 7 heteroatoms. The number of nitrogens with one attached hydrogen (secondary N) is 1. The summed E-state index contributed by atoms with van der Waals surface area (Å²) in [4.78, 5) is 15.1. The summed E-state index contributed by atoms with van der Waals surface area (Å²) in [6.45, 7) is 6.95. The van der Waals surface area contributed by atoms with E-state index in [1.807, 2.05) is 60.9 Å². The number of hydrogen-bond acceptors (Lipinski definition) is 5. The Morgan fingerprint density at radius 3 is 2.79 bits per heavy atom. The van der Waals surface area contributed by atoms with Gasteiger partial charge in [0.2, 0.25) is 5.91 Å². The number of furan rings is 1. The van der Waals surface area contributed by atoms with Crippen molar-refractivity contribution in [2.24, 2.45) is 5.92 Å². The molecule has 1 aromatic carbocycles. The molecule has 0 radical (unpaired) electrons. The van der Waals surface area contributed by atoms with Crippen LogP contribution in [0.2, 0.25) is 0 Å². The van der Waals surface area contributed by atoms with Crippen LogP contribution in [0.15, 0.2) is 53.1 Å². The van der Waals surface area contributed by atoms with Gasteiger partial charge in [-0.2, -0.15) is 5.26 Å². The molecular weight excluding hydrogens is 416 g/mol. The molecule has 3 aromatic rings. The molecule has 1 N–H and O–H groups in total. The number of nitrogens with zero attached hydrogens (tertiary/aromatic N) is 3. The first-order valence-electron chi connectivity index (χ1n) is 11.4. The van der Waals surface area contributed by atoms with Crippen LogP contribution in [-0.2, 0) is 11.3 Å². The number of likely N-dealkylation sites (tertiary alicyclic amines) is 1. The summed E-state index contributed by atoms with van der Waals surface area (Å²) in [5.41, 5.74) is 2.31. The Bertz CT molecular complexity index is 1110. The lowest BCUT2D eigenvalue weighted by Gasteiger charge is -2.32. The molecule has 1 saturated heterocycles. The molecule has 1 aliphatic rings.